The third-order valence-electron chi connectivity index (χ3n) is 2.60. The van der Waals surface area contributed by atoms with E-state index in [0.717, 1.165) is 6.42 Å². The molecule has 0 aromatic carbocycles. The van der Waals surface area contributed by atoms with Crippen molar-refractivity contribution in [2.24, 2.45) is 0 Å². The molecule has 0 saturated heterocycles. The number of nitrogens with one attached hydrogen (secondary N) is 1. The van der Waals surface area contributed by atoms with Crippen LogP contribution in [0.4, 0.5) is 13.2 Å². The highest BCUT2D eigenvalue weighted by atomic mass is 32.2. The molecule has 0 spiro atoms. The molecule has 18 heavy (non-hydrogen) atoms. The molecule has 1 unspecified atom stereocenters. The Morgan fingerprint density at radius 2 is 2.06 bits per heavy atom. The molecule has 0 aromatic heterocycles. The molecular weight excluding hydrogens is 271 g/mol. The molecule has 1 aliphatic rings. The minimum absolute atomic E-state index is 0.148. The average molecular weight is 288 g/mol. The van der Waals surface area contributed by atoms with E-state index >= 15 is 0 Å². The fourth-order valence-corrected chi connectivity index (χ4v) is 2.51. The van der Waals surface area contributed by atoms with E-state index in [1.54, 1.807) is 23.0 Å². The lowest BCUT2D eigenvalue weighted by atomic mass is 10.3. The molecule has 106 valence electrons. The summed E-state index contributed by atoms with van der Waals surface area (Å²) in [7, 11) is -3.68. The summed E-state index contributed by atoms with van der Waals surface area (Å²) in [6, 6.07) is 0. The molecule has 0 saturated carbocycles. The zero-order valence-corrected chi connectivity index (χ0v) is 11.1. The first-order valence-electron chi connectivity index (χ1n) is 5.48. The molecule has 1 heterocycles. The minimum Gasteiger partial charge on any atom is -0.328 e. The third kappa shape index (κ3) is 3.36. The highest BCUT2D eigenvalue weighted by Gasteiger charge is 2.51. The van der Waals surface area contributed by atoms with Crippen LogP contribution in [0.2, 0.25) is 0 Å². The van der Waals surface area contributed by atoms with Gasteiger partial charge in [0.25, 0.3) is 0 Å². The standard InChI is InChI=1S/C9H17F3N3O2S/c1-3-4-6-15(7-5-14(2)8-15)13-18(16,17)9(10,11)12/h5,7,13H,3-4,6,8H2,1-2H3/q+1. The Bertz CT molecular complexity index is 421. The number of hydrogen-bond acceptors (Lipinski definition) is 3. The second-order valence-electron chi connectivity index (χ2n) is 4.35. The van der Waals surface area contributed by atoms with Gasteiger partial charge in [-0.3, -0.25) is 0 Å². The van der Waals surface area contributed by atoms with Crippen molar-refractivity contribution in [1.29, 1.82) is 0 Å². The Morgan fingerprint density at radius 3 is 2.44 bits per heavy atom. The second-order valence-corrected chi connectivity index (χ2v) is 6.00. The van der Waals surface area contributed by atoms with Gasteiger partial charge in [0.15, 0.2) is 6.67 Å². The zero-order valence-electron chi connectivity index (χ0n) is 10.2. The van der Waals surface area contributed by atoms with Gasteiger partial charge in [-0.15, -0.1) is 0 Å². The van der Waals surface area contributed by atoms with E-state index < -0.39 is 20.1 Å². The van der Waals surface area contributed by atoms with Gasteiger partial charge < -0.3 is 4.90 Å². The molecule has 1 N–H and O–H groups in total. The van der Waals surface area contributed by atoms with Crippen molar-refractivity contribution in [1.82, 2.24) is 9.73 Å². The maximum Gasteiger partial charge on any atom is 0.516 e. The first-order chi connectivity index (χ1) is 8.12. The molecular formula is C9H17F3N3O2S+. The van der Waals surface area contributed by atoms with E-state index in [9.17, 15) is 21.6 Å². The summed E-state index contributed by atoms with van der Waals surface area (Å²) in [5, 5.41) is 0. The fraction of sp³-hybridized carbons (Fsp3) is 0.778. The lowest BCUT2D eigenvalue weighted by Gasteiger charge is -2.31. The van der Waals surface area contributed by atoms with E-state index in [2.05, 4.69) is 0 Å². The van der Waals surface area contributed by atoms with Crippen LogP contribution in [-0.2, 0) is 10.0 Å². The number of alkyl halides is 3. The third-order valence-corrected chi connectivity index (χ3v) is 3.81. The lowest BCUT2D eigenvalue weighted by molar-refractivity contribution is -0.911. The highest BCUT2D eigenvalue weighted by Crippen LogP contribution is 2.25. The van der Waals surface area contributed by atoms with E-state index in [1.165, 1.54) is 6.20 Å². The lowest BCUT2D eigenvalue weighted by Crippen LogP contribution is -2.59. The summed E-state index contributed by atoms with van der Waals surface area (Å²) < 4.78 is 59.1. The van der Waals surface area contributed by atoms with Crippen LogP contribution in [0, 0.1) is 0 Å². The largest absolute Gasteiger partial charge is 0.516 e. The van der Waals surface area contributed by atoms with Crippen LogP contribution in [0.5, 0.6) is 0 Å². The Balaban J connectivity index is 2.91. The molecule has 9 heteroatoms. The summed E-state index contributed by atoms with van der Waals surface area (Å²) in [6.45, 7) is 2.32. The average Bonchev–Trinajstić information content (AvgIpc) is 2.55. The number of quaternary nitrogens is 1. The van der Waals surface area contributed by atoms with Gasteiger partial charge in [0.1, 0.15) is 12.7 Å². The maximum absolute atomic E-state index is 12.4. The van der Waals surface area contributed by atoms with Gasteiger partial charge in [-0.05, 0) is 11.3 Å². The Labute approximate surface area is 104 Å². The predicted molar refractivity (Wildman–Crippen MR) is 59.9 cm³/mol. The van der Waals surface area contributed by atoms with Crippen LogP contribution in [0.3, 0.4) is 0 Å². The van der Waals surface area contributed by atoms with Crippen molar-refractivity contribution < 1.29 is 26.2 Å². The predicted octanol–water partition coefficient (Wildman–Crippen LogP) is 1.33. The van der Waals surface area contributed by atoms with Crippen molar-refractivity contribution in [2.75, 3.05) is 20.3 Å². The molecule has 0 aliphatic carbocycles. The van der Waals surface area contributed by atoms with Gasteiger partial charge in [0.2, 0.25) is 0 Å². The van der Waals surface area contributed by atoms with Gasteiger partial charge in [0, 0.05) is 7.05 Å². The molecule has 0 aromatic rings. The van der Waals surface area contributed by atoms with Crippen molar-refractivity contribution in [3.63, 3.8) is 0 Å². The van der Waals surface area contributed by atoms with Crippen LogP contribution in [0.25, 0.3) is 0 Å². The topological polar surface area (TPSA) is 49.4 Å². The normalized spacial score (nSPS) is 24.8. The molecule has 0 bridgehead atoms. The van der Waals surface area contributed by atoms with E-state index in [0.29, 0.717) is 6.42 Å². The number of rotatable bonds is 5. The number of sulfonamides is 1. The summed E-state index contributed by atoms with van der Waals surface area (Å²) in [4.78, 5) is 3.36. The van der Waals surface area contributed by atoms with Crippen molar-refractivity contribution in [2.45, 2.75) is 25.3 Å². The van der Waals surface area contributed by atoms with E-state index in [4.69, 9.17) is 0 Å². The van der Waals surface area contributed by atoms with Gasteiger partial charge in [-0.1, -0.05) is 13.3 Å². The smallest absolute Gasteiger partial charge is 0.328 e. The summed E-state index contributed by atoms with van der Waals surface area (Å²) in [6.07, 6.45) is 4.39. The minimum atomic E-state index is -5.35. The Hall–Kier alpha value is -0.800. The SMILES string of the molecule is CCCC[N+]1(NS(=O)(=O)C(F)(F)F)C=CN(C)C1. The van der Waals surface area contributed by atoms with Crippen molar-refractivity contribution in [3.05, 3.63) is 12.4 Å². The second kappa shape index (κ2) is 5.06. The molecule has 1 aliphatic heterocycles. The zero-order chi connectivity index (χ0) is 14.0. The monoisotopic (exact) mass is 288 g/mol. The molecule has 0 amide bonds. The Kier molecular flexibility index (Phi) is 4.29. The molecule has 0 radical (unpaired) electrons. The first kappa shape index (κ1) is 15.3. The first-order valence-corrected chi connectivity index (χ1v) is 6.97. The molecule has 0 fully saturated rings. The van der Waals surface area contributed by atoms with E-state index in [-0.39, 0.29) is 13.2 Å². The van der Waals surface area contributed by atoms with Crippen LogP contribution < -0.4 is 4.83 Å². The van der Waals surface area contributed by atoms with Crippen LogP contribution >= 0.6 is 0 Å². The van der Waals surface area contributed by atoms with Crippen molar-refractivity contribution in [3.8, 4) is 0 Å². The van der Waals surface area contributed by atoms with Crippen LogP contribution in [0.1, 0.15) is 19.8 Å². The summed E-state index contributed by atoms with van der Waals surface area (Å²) in [5.74, 6) is 0. The van der Waals surface area contributed by atoms with Gasteiger partial charge in [-0.25, -0.2) is 0 Å². The fourth-order valence-electron chi connectivity index (χ4n) is 1.72. The number of unbranched alkanes of at least 4 members (excludes halogenated alkanes) is 1. The number of nitrogens with zero attached hydrogens (tertiary/aromatic N) is 2. The van der Waals surface area contributed by atoms with Crippen LogP contribution in [-0.4, -0.2) is 43.7 Å². The highest BCUT2D eigenvalue weighted by molar-refractivity contribution is 7.90. The summed E-state index contributed by atoms with van der Waals surface area (Å²) >= 11 is 0. The van der Waals surface area contributed by atoms with E-state index in [1.807, 2.05) is 6.92 Å². The van der Waals surface area contributed by atoms with Gasteiger partial charge >= 0.3 is 15.5 Å². The quantitative estimate of drug-likeness (QED) is 0.777. The number of halogens is 3. The maximum atomic E-state index is 12.4. The van der Waals surface area contributed by atoms with Crippen LogP contribution in [0.15, 0.2) is 12.4 Å². The molecule has 1 atom stereocenters. The Morgan fingerprint density at radius 1 is 1.44 bits per heavy atom. The molecule has 1 rings (SSSR count). The van der Waals surface area contributed by atoms with Gasteiger partial charge in [-0.2, -0.15) is 26.2 Å². The van der Waals surface area contributed by atoms with Crippen molar-refractivity contribution >= 4 is 10.0 Å². The number of hydrogen-bond donors (Lipinski definition) is 1. The summed E-state index contributed by atoms with van der Waals surface area (Å²) in [5.41, 5.74) is -5.29. The van der Waals surface area contributed by atoms with Gasteiger partial charge in [0.05, 0.1) is 6.20 Å². The molecule has 5 nitrogen and oxygen atoms in total.